The molecule has 4 heteroatoms. The van der Waals surface area contributed by atoms with Gasteiger partial charge in [-0.1, -0.05) is 54.6 Å². The number of β-lactam (4-membered cyclic amide) rings is 1. The first-order valence-corrected chi connectivity index (χ1v) is 10.3. The highest BCUT2D eigenvalue weighted by molar-refractivity contribution is 5.91. The monoisotopic (exact) mass is 401 g/mol. The average Bonchev–Trinajstić information content (AvgIpc) is 2.81. The summed E-state index contributed by atoms with van der Waals surface area (Å²) in [7, 11) is 3.32. The largest absolute Gasteiger partial charge is 0.497 e. The molecule has 2 atom stereocenters. The fourth-order valence-corrected chi connectivity index (χ4v) is 4.21. The first-order chi connectivity index (χ1) is 14.7. The molecule has 0 bridgehead atoms. The van der Waals surface area contributed by atoms with Crippen LogP contribution in [0.1, 0.15) is 35.1 Å². The molecule has 4 rings (SSSR count). The van der Waals surface area contributed by atoms with E-state index >= 15 is 0 Å². The van der Waals surface area contributed by atoms with E-state index in [0.717, 1.165) is 42.0 Å². The highest BCUT2D eigenvalue weighted by atomic mass is 16.5. The Hall–Kier alpha value is -3.27. The number of hydrogen-bond acceptors (Lipinski definition) is 3. The molecule has 4 nitrogen and oxygen atoms in total. The van der Waals surface area contributed by atoms with Crippen LogP contribution in [0, 0.1) is 0 Å². The van der Waals surface area contributed by atoms with E-state index in [2.05, 4.69) is 36.4 Å². The van der Waals surface area contributed by atoms with Crippen molar-refractivity contribution >= 4 is 5.91 Å². The number of likely N-dealkylation sites (tertiary alicyclic amines) is 1. The van der Waals surface area contributed by atoms with Gasteiger partial charge in [0, 0.05) is 6.54 Å². The standard InChI is InChI=1S/C26H27NO3/c1-29-22-14-10-20(11-15-22)24-25(21-12-16-23(30-2)17-13-21)27(26(24)28)18-6-9-19-7-4-3-5-8-19/h3-5,7-8,10-17,24-25H,6,9,18H2,1-2H3/t24-,25+/m0/s1. The maximum atomic E-state index is 13.1. The molecule has 1 amide bonds. The lowest BCUT2D eigenvalue weighted by Gasteiger charge is -2.48. The van der Waals surface area contributed by atoms with E-state index in [1.54, 1.807) is 14.2 Å². The molecule has 154 valence electrons. The van der Waals surface area contributed by atoms with Crippen molar-refractivity contribution in [1.29, 1.82) is 0 Å². The highest BCUT2D eigenvalue weighted by Crippen LogP contribution is 2.47. The quantitative estimate of drug-likeness (QED) is 0.499. The third kappa shape index (κ3) is 4.04. The maximum absolute atomic E-state index is 13.1. The Balaban J connectivity index is 1.54. The van der Waals surface area contributed by atoms with Crippen LogP contribution in [-0.4, -0.2) is 31.6 Å². The van der Waals surface area contributed by atoms with Gasteiger partial charge in [0.15, 0.2) is 0 Å². The summed E-state index contributed by atoms with van der Waals surface area (Å²) in [5, 5.41) is 0. The summed E-state index contributed by atoms with van der Waals surface area (Å²) in [6.07, 6.45) is 1.91. The number of benzene rings is 3. The lowest BCUT2D eigenvalue weighted by atomic mass is 9.77. The van der Waals surface area contributed by atoms with Crippen LogP contribution in [0.3, 0.4) is 0 Å². The van der Waals surface area contributed by atoms with Crippen molar-refractivity contribution in [1.82, 2.24) is 4.90 Å². The van der Waals surface area contributed by atoms with E-state index in [1.165, 1.54) is 5.56 Å². The zero-order valence-electron chi connectivity index (χ0n) is 17.5. The predicted octanol–water partition coefficient (Wildman–Crippen LogP) is 5.00. The van der Waals surface area contributed by atoms with Gasteiger partial charge in [-0.05, 0) is 53.8 Å². The third-order valence-electron chi connectivity index (χ3n) is 5.84. The summed E-state index contributed by atoms with van der Waals surface area (Å²) in [5.41, 5.74) is 3.47. The number of carbonyl (C=O) groups excluding carboxylic acids is 1. The summed E-state index contributed by atoms with van der Waals surface area (Å²) < 4.78 is 10.6. The molecule has 3 aromatic rings. The topological polar surface area (TPSA) is 38.8 Å². The Labute approximate surface area is 178 Å². The summed E-state index contributed by atoms with van der Waals surface area (Å²) in [4.78, 5) is 15.1. The fraction of sp³-hybridized carbons (Fsp3) is 0.269. The minimum absolute atomic E-state index is 0.0348. The van der Waals surface area contributed by atoms with Crippen molar-refractivity contribution in [2.24, 2.45) is 0 Å². The predicted molar refractivity (Wildman–Crippen MR) is 118 cm³/mol. The van der Waals surface area contributed by atoms with Gasteiger partial charge in [-0.25, -0.2) is 0 Å². The summed E-state index contributed by atoms with van der Waals surface area (Å²) in [6, 6.07) is 26.4. The molecule has 1 saturated heterocycles. The Morgan fingerprint density at radius 3 is 1.90 bits per heavy atom. The van der Waals surface area contributed by atoms with E-state index in [1.807, 2.05) is 47.4 Å². The molecule has 1 aliphatic rings. The number of hydrogen-bond donors (Lipinski definition) is 0. The van der Waals surface area contributed by atoms with Gasteiger partial charge in [-0.3, -0.25) is 4.79 Å². The molecule has 0 unspecified atom stereocenters. The van der Waals surface area contributed by atoms with Gasteiger partial charge in [-0.15, -0.1) is 0 Å². The molecule has 0 radical (unpaired) electrons. The lowest BCUT2D eigenvalue weighted by Crippen LogP contribution is -2.53. The minimum atomic E-state index is -0.166. The van der Waals surface area contributed by atoms with E-state index in [9.17, 15) is 4.79 Å². The highest BCUT2D eigenvalue weighted by Gasteiger charge is 2.48. The molecule has 0 aliphatic carbocycles. The molecular formula is C26H27NO3. The van der Waals surface area contributed by atoms with Crippen LogP contribution in [0.2, 0.25) is 0 Å². The molecule has 1 aliphatic heterocycles. The second kappa shape index (κ2) is 9.04. The van der Waals surface area contributed by atoms with Crippen molar-refractivity contribution in [2.75, 3.05) is 20.8 Å². The molecule has 3 aromatic carbocycles. The number of nitrogens with zero attached hydrogens (tertiary/aromatic N) is 1. The van der Waals surface area contributed by atoms with Crippen LogP contribution in [0.25, 0.3) is 0 Å². The third-order valence-corrected chi connectivity index (χ3v) is 5.84. The van der Waals surface area contributed by atoms with Crippen molar-refractivity contribution in [3.05, 3.63) is 95.6 Å². The maximum Gasteiger partial charge on any atom is 0.233 e. The number of aryl methyl sites for hydroxylation is 1. The normalized spacial score (nSPS) is 18.1. The number of amides is 1. The van der Waals surface area contributed by atoms with Crippen LogP contribution in [0.5, 0.6) is 11.5 Å². The minimum Gasteiger partial charge on any atom is -0.497 e. The lowest BCUT2D eigenvalue weighted by molar-refractivity contribution is -0.150. The summed E-state index contributed by atoms with van der Waals surface area (Å²) in [6.45, 7) is 0.747. The average molecular weight is 402 g/mol. The van der Waals surface area contributed by atoms with Gasteiger partial charge in [0.1, 0.15) is 11.5 Å². The van der Waals surface area contributed by atoms with Crippen molar-refractivity contribution in [3.63, 3.8) is 0 Å². The molecule has 1 heterocycles. The molecule has 30 heavy (non-hydrogen) atoms. The van der Waals surface area contributed by atoms with Crippen LogP contribution in [-0.2, 0) is 11.2 Å². The van der Waals surface area contributed by atoms with Gasteiger partial charge in [-0.2, -0.15) is 0 Å². The summed E-state index contributed by atoms with van der Waals surface area (Å²) in [5.74, 6) is 1.64. The molecule has 0 aromatic heterocycles. The van der Waals surface area contributed by atoms with Gasteiger partial charge < -0.3 is 14.4 Å². The number of methoxy groups -OCH3 is 2. The Bertz CT molecular complexity index is 967. The van der Waals surface area contributed by atoms with Crippen LogP contribution < -0.4 is 9.47 Å². The fourth-order valence-electron chi connectivity index (χ4n) is 4.21. The number of ether oxygens (including phenoxy) is 2. The first-order valence-electron chi connectivity index (χ1n) is 10.3. The molecule has 0 spiro atoms. The Morgan fingerprint density at radius 1 is 0.767 bits per heavy atom. The number of carbonyl (C=O) groups is 1. The Morgan fingerprint density at radius 2 is 1.33 bits per heavy atom. The molecule has 0 N–H and O–H groups in total. The van der Waals surface area contributed by atoms with Crippen LogP contribution in [0.15, 0.2) is 78.9 Å². The van der Waals surface area contributed by atoms with Gasteiger partial charge in [0.25, 0.3) is 0 Å². The van der Waals surface area contributed by atoms with Crippen LogP contribution >= 0.6 is 0 Å². The molecule has 0 saturated carbocycles. The van der Waals surface area contributed by atoms with Gasteiger partial charge in [0.2, 0.25) is 5.91 Å². The van der Waals surface area contributed by atoms with Crippen molar-refractivity contribution in [3.8, 4) is 11.5 Å². The van der Waals surface area contributed by atoms with E-state index in [-0.39, 0.29) is 17.9 Å². The second-order valence-corrected chi connectivity index (χ2v) is 7.59. The Kier molecular flexibility index (Phi) is 6.03. The molecule has 1 fully saturated rings. The summed E-state index contributed by atoms with van der Waals surface area (Å²) >= 11 is 0. The van der Waals surface area contributed by atoms with E-state index < -0.39 is 0 Å². The smallest absolute Gasteiger partial charge is 0.233 e. The van der Waals surface area contributed by atoms with E-state index in [4.69, 9.17) is 9.47 Å². The van der Waals surface area contributed by atoms with Crippen LogP contribution in [0.4, 0.5) is 0 Å². The van der Waals surface area contributed by atoms with E-state index in [0.29, 0.717) is 0 Å². The van der Waals surface area contributed by atoms with Gasteiger partial charge in [0.05, 0.1) is 26.2 Å². The zero-order valence-corrected chi connectivity index (χ0v) is 17.5. The second-order valence-electron chi connectivity index (χ2n) is 7.59. The number of rotatable bonds is 8. The zero-order chi connectivity index (χ0) is 20.9. The first kappa shape index (κ1) is 20.0. The SMILES string of the molecule is COc1ccc([C@@H]2[C@H](c3ccc(OC)cc3)C(=O)N2CCCc2ccccc2)cc1. The van der Waals surface area contributed by atoms with Gasteiger partial charge >= 0.3 is 0 Å². The van der Waals surface area contributed by atoms with Crippen molar-refractivity contribution in [2.45, 2.75) is 24.8 Å². The molecular weight excluding hydrogens is 374 g/mol. The van der Waals surface area contributed by atoms with Crippen molar-refractivity contribution < 1.29 is 14.3 Å².